The molecule has 30 heavy (non-hydrogen) atoms. The first-order chi connectivity index (χ1) is 13.8. The number of nitrogen functional groups attached to an aromatic ring is 1. The molecule has 0 fully saturated rings. The van der Waals surface area contributed by atoms with Crippen molar-refractivity contribution in [2.45, 2.75) is 23.6 Å². The number of nitrogens with zero attached hydrogens (tertiary/aromatic N) is 2. The molecule has 0 heterocycles. The normalized spacial score (nSPS) is 12.7. The average Bonchev–Trinajstić information content (AvgIpc) is 2.60. The molecule has 0 saturated heterocycles. The molecule has 0 atom stereocenters. The average molecular weight is 451 g/mol. The Labute approximate surface area is 172 Å². The summed E-state index contributed by atoms with van der Waals surface area (Å²) >= 11 is 0. The number of hydrogen-bond donors (Lipinski definition) is 4. The van der Waals surface area contributed by atoms with Gasteiger partial charge in [-0.15, -0.1) is 10.2 Å². The van der Waals surface area contributed by atoms with Crippen molar-refractivity contribution in [3.05, 3.63) is 47.5 Å². The first-order valence-corrected chi connectivity index (χ1v) is 11.2. The Morgan fingerprint density at radius 3 is 2.13 bits per heavy atom. The van der Waals surface area contributed by atoms with Crippen LogP contribution in [0.15, 0.2) is 56.4 Å². The fourth-order valence-corrected chi connectivity index (χ4v) is 4.51. The van der Waals surface area contributed by atoms with Crippen LogP contribution in [0.5, 0.6) is 5.75 Å². The van der Waals surface area contributed by atoms with E-state index < -0.39 is 35.8 Å². The van der Waals surface area contributed by atoms with Crippen molar-refractivity contribution in [1.82, 2.24) is 0 Å². The van der Waals surface area contributed by atoms with Crippen LogP contribution in [0, 0.1) is 13.8 Å². The van der Waals surface area contributed by atoms with Crippen LogP contribution < -0.4 is 5.73 Å². The SMILES string of the molecule is Cc1ccc(N=Nc2c(C)cc3c(S(=O)(=O)O)c(N)ccc3c2O)c(S(=O)(=O)O)c1. The smallest absolute Gasteiger partial charge is 0.297 e. The molecule has 0 saturated carbocycles. The molecule has 0 amide bonds. The van der Waals surface area contributed by atoms with E-state index in [1.807, 2.05) is 0 Å². The van der Waals surface area contributed by atoms with Crippen molar-refractivity contribution < 1.29 is 31.0 Å². The number of fused-ring (bicyclic) bond motifs is 1. The van der Waals surface area contributed by atoms with Crippen LogP contribution >= 0.6 is 0 Å². The molecule has 0 bridgehead atoms. The Balaban J connectivity index is 2.24. The van der Waals surface area contributed by atoms with Gasteiger partial charge in [-0.25, -0.2) is 0 Å². The molecule has 0 aliphatic heterocycles. The van der Waals surface area contributed by atoms with Crippen LogP contribution in [0.3, 0.4) is 0 Å². The molecule has 5 N–H and O–H groups in total. The van der Waals surface area contributed by atoms with Crippen LogP contribution in [0.4, 0.5) is 17.1 Å². The summed E-state index contributed by atoms with van der Waals surface area (Å²) in [5.41, 5.74) is 6.11. The Morgan fingerprint density at radius 1 is 0.867 bits per heavy atom. The van der Waals surface area contributed by atoms with Gasteiger partial charge in [-0.2, -0.15) is 16.8 Å². The molecule has 158 valence electrons. The highest BCUT2D eigenvalue weighted by molar-refractivity contribution is 7.86. The minimum atomic E-state index is -4.67. The van der Waals surface area contributed by atoms with Gasteiger partial charge in [-0.1, -0.05) is 6.07 Å². The predicted octanol–water partition coefficient (Wildman–Crippen LogP) is 3.65. The van der Waals surface area contributed by atoms with Gasteiger partial charge < -0.3 is 10.8 Å². The maximum Gasteiger partial charge on any atom is 0.297 e. The van der Waals surface area contributed by atoms with Crippen molar-refractivity contribution in [1.29, 1.82) is 0 Å². The summed E-state index contributed by atoms with van der Waals surface area (Å²) in [6.45, 7) is 3.14. The lowest BCUT2D eigenvalue weighted by Crippen LogP contribution is -2.04. The van der Waals surface area contributed by atoms with Crippen molar-refractivity contribution in [3.8, 4) is 5.75 Å². The van der Waals surface area contributed by atoms with E-state index in [1.165, 1.54) is 37.3 Å². The molecule has 0 radical (unpaired) electrons. The van der Waals surface area contributed by atoms with Crippen LogP contribution in [0.25, 0.3) is 10.8 Å². The first-order valence-electron chi connectivity index (χ1n) is 8.33. The molecule has 3 aromatic rings. The van der Waals surface area contributed by atoms with Gasteiger partial charge in [0.2, 0.25) is 0 Å². The van der Waals surface area contributed by atoms with Crippen molar-refractivity contribution in [3.63, 3.8) is 0 Å². The van der Waals surface area contributed by atoms with Gasteiger partial charge in [0.05, 0.1) is 5.69 Å². The number of nitrogens with two attached hydrogens (primary N) is 1. The molecular formula is C18H17N3O7S2. The Morgan fingerprint density at radius 2 is 1.53 bits per heavy atom. The lowest BCUT2D eigenvalue weighted by Gasteiger charge is -2.12. The summed E-state index contributed by atoms with van der Waals surface area (Å²) in [6, 6.07) is 8.03. The molecule has 0 aliphatic rings. The summed E-state index contributed by atoms with van der Waals surface area (Å²) in [5.74, 6) is -0.445. The number of aryl methyl sites for hydroxylation is 2. The van der Waals surface area contributed by atoms with E-state index in [0.717, 1.165) is 0 Å². The Kier molecular flexibility index (Phi) is 5.28. The molecule has 0 aromatic heterocycles. The quantitative estimate of drug-likeness (QED) is 0.263. The molecule has 3 rings (SSSR count). The number of aromatic hydroxyl groups is 1. The topological polar surface area (TPSA) is 180 Å². The third-order valence-corrected chi connectivity index (χ3v) is 6.20. The van der Waals surface area contributed by atoms with Gasteiger partial charge in [-0.05, 0) is 55.3 Å². The van der Waals surface area contributed by atoms with Crippen LogP contribution in [0.2, 0.25) is 0 Å². The summed E-state index contributed by atoms with van der Waals surface area (Å²) in [6.07, 6.45) is 0. The highest BCUT2D eigenvalue weighted by atomic mass is 32.2. The fraction of sp³-hybridized carbons (Fsp3) is 0.111. The fourth-order valence-electron chi connectivity index (χ4n) is 2.99. The van der Waals surface area contributed by atoms with Gasteiger partial charge in [0, 0.05) is 10.8 Å². The number of rotatable bonds is 4. The zero-order valence-corrected chi connectivity index (χ0v) is 17.4. The second kappa shape index (κ2) is 7.32. The van der Waals surface area contributed by atoms with Crippen molar-refractivity contribution in [2.75, 3.05) is 5.73 Å². The summed E-state index contributed by atoms with van der Waals surface area (Å²) in [7, 11) is -9.24. The monoisotopic (exact) mass is 451 g/mol. The lowest BCUT2D eigenvalue weighted by atomic mass is 10.0. The zero-order valence-electron chi connectivity index (χ0n) is 15.7. The Bertz CT molecular complexity index is 1430. The first kappa shape index (κ1) is 21.6. The van der Waals surface area contributed by atoms with Gasteiger partial charge in [0.25, 0.3) is 20.2 Å². The summed E-state index contributed by atoms with van der Waals surface area (Å²) in [5, 5.41) is 18.4. The number of anilines is 1. The standard InChI is InChI=1S/C18H17N3O7S2/c1-9-3-6-14(15(7-9)29(23,24)25)20-21-16-10(2)8-12-11(17(16)22)4-5-13(19)18(12)30(26,27)28/h3-8,22H,19H2,1-2H3,(H,23,24,25)(H,26,27,28). The van der Waals surface area contributed by atoms with Crippen molar-refractivity contribution >= 4 is 48.1 Å². The number of phenolic OH excluding ortho intramolecular Hbond substituents is 1. The molecule has 12 heteroatoms. The maximum atomic E-state index is 11.7. The van der Waals surface area contributed by atoms with E-state index >= 15 is 0 Å². The number of benzene rings is 3. The minimum absolute atomic E-state index is 0.0135. The molecule has 10 nitrogen and oxygen atoms in total. The van der Waals surface area contributed by atoms with Crippen LogP contribution in [0.1, 0.15) is 11.1 Å². The second-order valence-corrected chi connectivity index (χ2v) is 9.34. The number of hydrogen-bond acceptors (Lipinski definition) is 8. The van der Waals surface area contributed by atoms with E-state index in [4.69, 9.17) is 5.73 Å². The van der Waals surface area contributed by atoms with E-state index in [2.05, 4.69) is 10.2 Å². The van der Waals surface area contributed by atoms with Crippen LogP contribution in [-0.2, 0) is 20.2 Å². The minimum Gasteiger partial charge on any atom is -0.505 e. The third kappa shape index (κ3) is 3.98. The Hall–Kier alpha value is -3.06. The molecule has 0 spiro atoms. The highest BCUT2D eigenvalue weighted by Gasteiger charge is 2.22. The maximum absolute atomic E-state index is 11.7. The van der Waals surface area contributed by atoms with E-state index in [1.54, 1.807) is 13.0 Å². The molecule has 3 aromatic carbocycles. The van der Waals surface area contributed by atoms with E-state index in [-0.39, 0.29) is 33.4 Å². The lowest BCUT2D eigenvalue weighted by molar-refractivity contribution is 0.481. The predicted molar refractivity (Wildman–Crippen MR) is 110 cm³/mol. The third-order valence-electron chi connectivity index (χ3n) is 4.35. The van der Waals surface area contributed by atoms with E-state index in [9.17, 15) is 31.0 Å². The number of azo groups is 1. The van der Waals surface area contributed by atoms with Gasteiger partial charge in [0.1, 0.15) is 21.2 Å². The molecular weight excluding hydrogens is 434 g/mol. The largest absolute Gasteiger partial charge is 0.505 e. The van der Waals surface area contributed by atoms with Crippen molar-refractivity contribution in [2.24, 2.45) is 10.2 Å². The highest BCUT2D eigenvalue weighted by Crippen LogP contribution is 2.42. The second-order valence-electron chi connectivity index (χ2n) is 6.59. The van der Waals surface area contributed by atoms with Gasteiger partial charge in [-0.3, -0.25) is 9.11 Å². The van der Waals surface area contributed by atoms with E-state index in [0.29, 0.717) is 5.56 Å². The van der Waals surface area contributed by atoms with Crippen LogP contribution in [-0.4, -0.2) is 31.0 Å². The number of phenols is 1. The zero-order chi connectivity index (χ0) is 22.4. The summed E-state index contributed by atoms with van der Waals surface area (Å²) < 4.78 is 65.5. The summed E-state index contributed by atoms with van der Waals surface area (Å²) in [4.78, 5) is -1.00. The molecule has 0 unspecified atom stereocenters. The van der Waals surface area contributed by atoms with Gasteiger partial charge in [0.15, 0.2) is 5.75 Å². The molecule has 0 aliphatic carbocycles. The van der Waals surface area contributed by atoms with Gasteiger partial charge >= 0.3 is 0 Å².